The summed E-state index contributed by atoms with van der Waals surface area (Å²) >= 11 is 0. The number of methoxy groups -OCH3 is 1. The average Bonchev–Trinajstić information content (AvgIpc) is 2.90. The van der Waals surface area contributed by atoms with Crippen LogP contribution in [0.15, 0.2) is 18.2 Å². The topological polar surface area (TPSA) is 57.9 Å². The summed E-state index contributed by atoms with van der Waals surface area (Å²) in [4.78, 5) is 17.0. The lowest BCUT2D eigenvalue weighted by atomic mass is 10.1. The number of ether oxygens (including phenoxy) is 1. The van der Waals surface area contributed by atoms with Crippen molar-refractivity contribution in [1.29, 1.82) is 0 Å². The summed E-state index contributed by atoms with van der Waals surface area (Å²) < 4.78 is 7.48. The smallest absolute Gasteiger partial charge is 0.253 e. The molecule has 0 saturated carbocycles. The van der Waals surface area contributed by atoms with E-state index in [0.717, 1.165) is 36.1 Å². The Morgan fingerprint density at radius 2 is 1.88 bits per heavy atom. The van der Waals surface area contributed by atoms with E-state index in [9.17, 15) is 4.79 Å². The van der Waals surface area contributed by atoms with Gasteiger partial charge in [0.15, 0.2) is 0 Å². The van der Waals surface area contributed by atoms with Crippen LogP contribution in [-0.2, 0) is 11.3 Å². The molecule has 1 saturated heterocycles. The number of rotatable bonds is 6. The fourth-order valence-corrected chi connectivity index (χ4v) is 3.75. The van der Waals surface area contributed by atoms with E-state index >= 15 is 0 Å². The fraction of sp³-hybridized carbons (Fsp3) is 0.550. The van der Waals surface area contributed by atoms with E-state index in [2.05, 4.69) is 29.4 Å². The predicted octanol–water partition coefficient (Wildman–Crippen LogP) is 1.65. The summed E-state index contributed by atoms with van der Waals surface area (Å²) in [5, 5.41) is 10.2. The van der Waals surface area contributed by atoms with E-state index in [1.807, 2.05) is 17.0 Å². The second-order valence-corrected chi connectivity index (χ2v) is 6.94. The number of fused-ring (bicyclic) bond motifs is 1. The Kier molecular flexibility index (Phi) is 5.96. The molecule has 0 unspecified atom stereocenters. The van der Waals surface area contributed by atoms with Crippen molar-refractivity contribution in [2.45, 2.75) is 20.4 Å². The molecule has 26 heavy (non-hydrogen) atoms. The number of aryl methyl sites for hydroxylation is 1. The summed E-state index contributed by atoms with van der Waals surface area (Å²) in [5.41, 5.74) is 4.35. The van der Waals surface area contributed by atoms with Crippen molar-refractivity contribution in [2.75, 3.05) is 53.0 Å². The summed E-state index contributed by atoms with van der Waals surface area (Å²) in [6.45, 7) is 9.63. The number of nitrogens with zero attached hydrogens (tertiary/aromatic N) is 3. The Morgan fingerprint density at radius 1 is 1.15 bits per heavy atom. The molecule has 0 aliphatic carbocycles. The number of carbonyl (C=O) groups is 1. The highest BCUT2D eigenvalue weighted by Gasteiger charge is 2.22. The minimum absolute atomic E-state index is 0.0947. The van der Waals surface area contributed by atoms with Crippen LogP contribution in [0, 0.1) is 13.8 Å². The third-order valence-corrected chi connectivity index (χ3v) is 5.48. The highest BCUT2D eigenvalue weighted by atomic mass is 16.5. The molecule has 0 atom stereocenters. The number of hydrogen-bond donors (Lipinski definition) is 1. The molecule has 1 aromatic carbocycles. The van der Waals surface area contributed by atoms with Gasteiger partial charge in [0.1, 0.15) is 0 Å². The molecule has 6 heteroatoms. The largest absolute Gasteiger partial charge is 0.395 e. The first kappa shape index (κ1) is 18.9. The van der Waals surface area contributed by atoms with Crippen LogP contribution in [0.25, 0.3) is 10.9 Å². The molecule has 1 aliphatic heterocycles. The molecule has 1 aliphatic rings. The molecule has 2 heterocycles. The number of carbonyl (C=O) groups excluding carboxylic acids is 1. The van der Waals surface area contributed by atoms with E-state index in [1.54, 1.807) is 7.11 Å². The first-order chi connectivity index (χ1) is 12.6. The molecule has 0 bridgehead atoms. The van der Waals surface area contributed by atoms with Gasteiger partial charge in [-0.1, -0.05) is 0 Å². The molecule has 1 aromatic heterocycles. The van der Waals surface area contributed by atoms with E-state index < -0.39 is 0 Å². The van der Waals surface area contributed by atoms with Crippen LogP contribution in [-0.4, -0.2) is 78.4 Å². The zero-order valence-corrected chi connectivity index (χ0v) is 16.0. The van der Waals surface area contributed by atoms with Crippen molar-refractivity contribution in [1.82, 2.24) is 14.4 Å². The second kappa shape index (κ2) is 8.20. The predicted molar refractivity (Wildman–Crippen MR) is 103 cm³/mol. The molecular formula is C20H29N3O3. The lowest BCUT2D eigenvalue weighted by Gasteiger charge is -2.34. The Balaban J connectivity index is 1.81. The maximum absolute atomic E-state index is 12.9. The lowest BCUT2D eigenvalue weighted by Crippen LogP contribution is -2.49. The SMILES string of the molecule is COCCn1c(C)c(C)c2cc(C(=O)N3CCN(CCO)CC3)ccc21. The van der Waals surface area contributed by atoms with Gasteiger partial charge in [-0.15, -0.1) is 0 Å². The zero-order valence-electron chi connectivity index (χ0n) is 16.0. The Hall–Kier alpha value is -1.89. The first-order valence-electron chi connectivity index (χ1n) is 9.27. The van der Waals surface area contributed by atoms with Gasteiger partial charge in [-0.2, -0.15) is 0 Å². The Morgan fingerprint density at radius 3 is 2.54 bits per heavy atom. The first-order valence-corrected chi connectivity index (χ1v) is 9.27. The molecule has 1 amide bonds. The van der Waals surface area contributed by atoms with Crippen LogP contribution in [0.4, 0.5) is 0 Å². The van der Waals surface area contributed by atoms with Gasteiger partial charge >= 0.3 is 0 Å². The summed E-state index contributed by atoms with van der Waals surface area (Å²) in [7, 11) is 1.71. The van der Waals surface area contributed by atoms with Crippen LogP contribution < -0.4 is 0 Å². The van der Waals surface area contributed by atoms with Crippen LogP contribution in [0.2, 0.25) is 0 Å². The van der Waals surface area contributed by atoms with Crippen molar-refractivity contribution >= 4 is 16.8 Å². The Labute approximate surface area is 154 Å². The minimum Gasteiger partial charge on any atom is -0.395 e. The lowest BCUT2D eigenvalue weighted by molar-refractivity contribution is 0.0615. The maximum Gasteiger partial charge on any atom is 0.253 e. The third-order valence-electron chi connectivity index (χ3n) is 5.48. The van der Waals surface area contributed by atoms with Crippen molar-refractivity contribution in [2.24, 2.45) is 0 Å². The number of aromatic nitrogens is 1. The highest BCUT2D eigenvalue weighted by molar-refractivity contribution is 5.99. The second-order valence-electron chi connectivity index (χ2n) is 6.94. The number of benzene rings is 1. The van der Waals surface area contributed by atoms with Gasteiger partial charge in [0.25, 0.3) is 5.91 Å². The quantitative estimate of drug-likeness (QED) is 0.852. The fourth-order valence-electron chi connectivity index (χ4n) is 3.75. The van der Waals surface area contributed by atoms with Gasteiger partial charge in [-0.3, -0.25) is 9.69 Å². The number of piperazine rings is 1. The average molecular weight is 359 g/mol. The summed E-state index contributed by atoms with van der Waals surface area (Å²) in [6, 6.07) is 6.02. The molecule has 0 radical (unpaired) electrons. The maximum atomic E-state index is 12.9. The van der Waals surface area contributed by atoms with E-state index in [-0.39, 0.29) is 12.5 Å². The number of aliphatic hydroxyl groups excluding tert-OH is 1. The van der Waals surface area contributed by atoms with Gasteiger partial charge in [-0.05, 0) is 37.6 Å². The van der Waals surface area contributed by atoms with Gasteiger partial charge in [0, 0.05) is 68.5 Å². The van der Waals surface area contributed by atoms with E-state index in [4.69, 9.17) is 9.84 Å². The number of β-amino-alcohol motifs (C(OH)–C–C–N with tert-alkyl or cyclic N) is 1. The van der Waals surface area contributed by atoms with Gasteiger partial charge in [-0.25, -0.2) is 0 Å². The van der Waals surface area contributed by atoms with E-state index in [1.165, 1.54) is 11.3 Å². The minimum atomic E-state index is 0.0947. The van der Waals surface area contributed by atoms with Gasteiger partial charge in [0.2, 0.25) is 0 Å². The molecule has 1 N–H and O–H groups in total. The van der Waals surface area contributed by atoms with E-state index in [0.29, 0.717) is 26.2 Å². The van der Waals surface area contributed by atoms with Crippen molar-refractivity contribution < 1.29 is 14.6 Å². The van der Waals surface area contributed by atoms with Gasteiger partial charge < -0.3 is 19.3 Å². The van der Waals surface area contributed by atoms with Crippen molar-refractivity contribution in [3.8, 4) is 0 Å². The number of aliphatic hydroxyl groups is 1. The normalized spacial score (nSPS) is 15.8. The number of hydrogen-bond acceptors (Lipinski definition) is 4. The van der Waals surface area contributed by atoms with Gasteiger partial charge in [0.05, 0.1) is 13.2 Å². The monoisotopic (exact) mass is 359 g/mol. The standard InChI is InChI=1S/C20H29N3O3/c1-15-16(2)23(11-13-26-3)19-5-4-17(14-18(15)19)20(25)22-8-6-21(7-9-22)10-12-24/h4-5,14,24H,6-13H2,1-3H3. The third kappa shape index (κ3) is 3.63. The highest BCUT2D eigenvalue weighted by Crippen LogP contribution is 2.27. The number of amides is 1. The zero-order chi connectivity index (χ0) is 18.7. The molecule has 3 rings (SSSR count). The van der Waals surface area contributed by atoms with Crippen LogP contribution >= 0.6 is 0 Å². The molecule has 0 spiro atoms. The molecule has 2 aromatic rings. The molecule has 142 valence electrons. The van der Waals surface area contributed by atoms with Crippen LogP contribution in [0.3, 0.4) is 0 Å². The molecule has 1 fully saturated rings. The van der Waals surface area contributed by atoms with Crippen molar-refractivity contribution in [3.05, 3.63) is 35.0 Å². The van der Waals surface area contributed by atoms with Crippen LogP contribution in [0.1, 0.15) is 21.6 Å². The molecular weight excluding hydrogens is 330 g/mol. The molecule has 6 nitrogen and oxygen atoms in total. The van der Waals surface area contributed by atoms with Crippen LogP contribution in [0.5, 0.6) is 0 Å². The Bertz CT molecular complexity index is 776. The summed E-state index contributed by atoms with van der Waals surface area (Å²) in [5.74, 6) is 0.0947. The summed E-state index contributed by atoms with van der Waals surface area (Å²) in [6.07, 6.45) is 0. The van der Waals surface area contributed by atoms with Crippen molar-refractivity contribution in [3.63, 3.8) is 0 Å².